The van der Waals surface area contributed by atoms with Crippen LogP contribution in [0.3, 0.4) is 0 Å². The second-order valence-corrected chi connectivity index (χ2v) is 7.51. The van der Waals surface area contributed by atoms with Crippen LogP contribution in [0.5, 0.6) is 5.75 Å². The van der Waals surface area contributed by atoms with E-state index in [1.165, 1.54) is 35.9 Å². The van der Waals surface area contributed by atoms with Crippen LogP contribution in [0.15, 0.2) is 18.2 Å². The number of carbonyl (C=O) groups excluding carboxylic acids is 1. The molecule has 0 unspecified atom stereocenters. The average molecular weight is 344 g/mol. The molecule has 1 amide bonds. The summed E-state index contributed by atoms with van der Waals surface area (Å²) in [5, 5.41) is 0. The van der Waals surface area contributed by atoms with Crippen molar-refractivity contribution in [3.63, 3.8) is 0 Å². The van der Waals surface area contributed by atoms with Gasteiger partial charge >= 0.3 is 0 Å². The van der Waals surface area contributed by atoms with Crippen LogP contribution in [0.4, 0.5) is 4.39 Å². The number of nitrogens with zero attached hydrogens (tertiary/aromatic N) is 2. The predicted molar refractivity (Wildman–Crippen MR) is 84.3 cm³/mol. The molecule has 0 N–H and O–H groups in total. The van der Waals surface area contributed by atoms with Crippen molar-refractivity contribution in [3.8, 4) is 5.75 Å². The SMILES string of the molecule is COc1ccc(F)cc1CC(=O)N1CCCN(S(C)(=O)=O)CC1. The summed E-state index contributed by atoms with van der Waals surface area (Å²) in [6.45, 7) is 1.52. The Balaban J connectivity index is 2.05. The van der Waals surface area contributed by atoms with Gasteiger partial charge in [-0.05, 0) is 24.6 Å². The number of ether oxygens (including phenoxy) is 1. The Kier molecular flexibility index (Phi) is 5.59. The number of sulfonamides is 1. The van der Waals surface area contributed by atoms with Crippen molar-refractivity contribution in [2.45, 2.75) is 12.8 Å². The van der Waals surface area contributed by atoms with E-state index in [2.05, 4.69) is 0 Å². The lowest BCUT2D eigenvalue weighted by Crippen LogP contribution is -2.37. The molecule has 1 heterocycles. The fourth-order valence-corrected chi connectivity index (χ4v) is 3.51. The number of halogens is 1. The fourth-order valence-electron chi connectivity index (χ4n) is 2.63. The van der Waals surface area contributed by atoms with Gasteiger partial charge in [-0.25, -0.2) is 17.1 Å². The lowest BCUT2D eigenvalue weighted by atomic mass is 10.1. The van der Waals surface area contributed by atoms with Gasteiger partial charge in [0.05, 0.1) is 19.8 Å². The minimum Gasteiger partial charge on any atom is -0.496 e. The molecule has 1 aromatic carbocycles. The van der Waals surface area contributed by atoms with Crippen molar-refractivity contribution >= 4 is 15.9 Å². The summed E-state index contributed by atoms with van der Waals surface area (Å²) in [5.41, 5.74) is 0.488. The van der Waals surface area contributed by atoms with Crippen molar-refractivity contribution < 1.29 is 22.3 Å². The summed E-state index contributed by atoms with van der Waals surface area (Å²) in [5.74, 6) is -0.121. The molecule has 2 rings (SSSR count). The number of rotatable bonds is 4. The number of carbonyl (C=O) groups is 1. The molecule has 0 bridgehead atoms. The van der Waals surface area contributed by atoms with E-state index in [4.69, 9.17) is 4.74 Å². The third-order valence-corrected chi connectivity index (χ3v) is 5.16. The molecule has 0 aromatic heterocycles. The van der Waals surface area contributed by atoms with Crippen molar-refractivity contribution in [3.05, 3.63) is 29.6 Å². The monoisotopic (exact) mass is 344 g/mol. The Morgan fingerprint density at radius 2 is 2.00 bits per heavy atom. The predicted octanol–water partition coefficient (Wildman–Crippen LogP) is 0.871. The molecule has 8 heteroatoms. The van der Waals surface area contributed by atoms with Gasteiger partial charge in [-0.2, -0.15) is 0 Å². The van der Waals surface area contributed by atoms with Gasteiger partial charge in [0, 0.05) is 31.7 Å². The zero-order chi connectivity index (χ0) is 17.0. The Bertz CT molecular complexity index is 678. The highest BCUT2D eigenvalue weighted by Crippen LogP contribution is 2.21. The van der Waals surface area contributed by atoms with Gasteiger partial charge in [0.25, 0.3) is 0 Å². The highest BCUT2D eigenvalue weighted by Gasteiger charge is 2.24. The Hall–Kier alpha value is -1.67. The second kappa shape index (κ2) is 7.27. The van der Waals surface area contributed by atoms with Crippen molar-refractivity contribution in [1.29, 1.82) is 0 Å². The third-order valence-electron chi connectivity index (χ3n) is 3.86. The minimum absolute atomic E-state index is 0.0276. The lowest BCUT2D eigenvalue weighted by molar-refractivity contribution is -0.130. The van der Waals surface area contributed by atoms with Crippen LogP contribution < -0.4 is 4.74 Å². The van der Waals surface area contributed by atoms with Gasteiger partial charge in [-0.1, -0.05) is 0 Å². The normalized spacial score (nSPS) is 16.9. The van der Waals surface area contributed by atoms with E-state index in [9.17, 15) is 17.6 Å². The molecule has 0 atom stereocenters. The van der Waals surface area contributed by atoms with Crippen LogP contribution in [-0.4, -0.2) is 63.1 Å². The van der Waals surface area contributed by atoms with Gasteiger partial charge in [0.1, 0.15) is 11.6 Å². The molecular weight excluding hydrogens is 323 g/mol. The van der Waals surface area contributed by atoms with E-state index in [0.29, 0.717) is 37.4 Å². The first-order chi connectivity index (χ1) is 10.8. The maximum Gasteiger partial charge on any atom is 0.227 e. The lowest BCUT2D eigenvalue weighted by Gasteiger charge is -2.21. The molecule has 1 saturated heterocycles. The average Bonchev–Trinajstić information content (AvgIpc) is 2.73. The zero-order valence-electron chi connectivity index (χ0n) is 13.3. The molecule has 0 spiro atoms. The molecule has 128 valence electrons. The smallest absolute Gasteiger partial charge is 0.227 e. The van der Waals surface area contributed by atoms with Gasteiger partial charge in [-0.15, -0.1) is 0 Å². The van der Waals surface area contributed by atoms with Crippen LogP contribution in [0.25, 0.3) is 0 Å². The van der Waals surface area contributed by atoms with E-state index >= 15 is 0 Å². The first kappa shape index (κ1) is 17.7. The molecule has 0 radical (unpaired) electrons. The molecule has 1 aliphatic rings. The summed E-state index contributed by atoms with van der Waals surface area (Å²) in [6, 6.07) is 4.06. The number of methoxy groups -OCH3 is 1. The summed E-state index contributed by atoms with van der Waals surface area (Å²) in [4.78, 5) is 14.1. The van der Waals surface area contributed by atoms with E-state index in [0.717, 1.165) is 0 Å². The molecule has 1 fully saturated rings. The highest BCUT2D eigenvalue weighted by molar-refractivity contribution is 7.88. The highest BCUT2D eigenvalue weighted by atomic mass is 32.2. The van der Waals surface area contributed by atoms with Gasteiger partial charge in [0.15, 0.2) is 0 Å². The molecule has 6 nitrogen and oxygen atoms in total. The minimum atomic E-state index is -3.25. The first-order valence-electron chi connectivity index (χ1n) is 7.36. The van der Waals surface area contributed by atoms with E-state index in [1.807, 2.05) is 0 Å². The topological polar surface area (TPSA) is 66.9 Å². The first-order valence-corrected chi connectivity index (χ1v) is 9.21. The summed E-state index contributed by atoms with van der Waals surface area (Å²) in [7, 11) is -1.78. The Morgan fingerprint density at radius 1 is 1.26 bits per heavy atom. The van der Waals surface area contributed by atoms with E-state index in [1.54, 1.807) is 4.90 Å². The third kappa shape index (κ3) is 4.65. The summed E-state index contributed by atoms with van der Waals surface area (Å²) in [6.07, 6.45) is 1.78. The molecule has 0 aliphatic carbocycles. The fraction of sp³-hybridized carbons (Fsp3) is 0.533. The van der Waals surface area contributed by atoms with Crippen molar-refractivity contribution in [2.75, 3.05) is 39.5 Å². The number of amides is 1. The zero-order valence-corrected chi connectivity index (χ0v) is 14.1. The van der Waals surface area contributed by atoms with E-state index in [-0.39, 0.29) is 18.9 Å². The number of hydrogen-bond donors (Lipinski definition) is 0. The largest absolute Gasteiger partial charge is 0.496 e. The maximum absolute atomic E-state index is 13.4. The molecule has 1 aliphatic heterocycles. The number of hydrogen-bond acceptors (Lipinski definition) is 4. The van der Waals surface area contributed by atoms with Crippen LogP contribution >= 0.6 is 0 Å². The van der Waals surface area contributed by atoms with Crippen LogP contribution in [-0.2, 0) is 21.2 Å². The van der Waals surface area contributed by atoms with Crippen LogP contribution in [0, 0.1) is 5.82 Å². The summed E-state index contributed by atoms with van der Waals surface area (Å²) >= 11 is 0. The van der Waals surface area contributed by atoms with Crippen LogP contribution in [0.2, 0.25) is 0 Å². The van der Waals surface area contributed by atoms with E-state index < -0.39 is 15.8 Å². The second-order valence-electron chi connectivity index (χ2n) is 5.53. The van der Waals surface area contributed by atoms with Crippen molar-refractivity contribution in [1.82, 2.24) is 9.21 Å². The van der Waals surface area contributed by atoms with Gasteiger partial charge in [-0.3, -0.25) is 4.79 Å². The molecule has 23 heavy (non-hydrogen) atoms. The molecular formula is C15H21FN2O4S. The maximum atomic E-state index is 13.4. The van der Waals surface area contributed by atoms with Crippen LogP contribution in [0.1, 0.15) is 12.0 Å². The molecule has 0 saturated carbocycles. The standard InChI is InChI=1S/C15H21FN2O4S/c1-22-14-5-4-13(16)10-12(14)11-15(19)17-6-3-7-18(9-8-17)23(2,20)21/h4-5,10H,3,6-9,11H2,1-2H3. The Morgan fingerprint density at radius 3 is 2.65 bits per heavy atom. The summed E-state index contributed by atoms with van der Waals surface area (Å²) < 4.78 is 43.1. The number of benzene rings is 1. The van der Waals surface area contributed by atoms with Crippen molar-refractivity contribution in [2.24, 2.45) is 0 Å². The quantitative estimate of drug-likeness (QED) is 0.813. The Labute approximate surface area is 135 Å². The molecule has 1 aromatic rings. The van der Waals surface area contributed by atoms with Gasteiger partial charge < -0.3 is 9.64 Å². The van der Waals surface area contributed by atoms with Gasteiger partial charge in [0.2, 0.25) is 15.9 Å².